The maximum Gasteiger partial charge on any atom is 0.191 e. The minimum Gasteiger partial charge on any atom is -0.356 e. The van der Waals surface area contributed by atoms with Crippen LogP contribution in [0.15, 0.2) is 23.2 Å². The largest absolute Gasteiger partial charge is 0.356 e. The molecule has 0 bridgehead atoms. The average Bonchev–Trinajstić information content (AvgIpc) is 2.84. The van der Waals surface area contributed by atoms with Crippen molar-refractivity contribution in [2.45, 2.75) is 26.8 Å². The summed E-state index contributed by atoms with van der Waals surface area (Å²) >= 11 is 7.50. The highest BCUT2D eigenvalue weighted by Gasteiger charge is 2.05. The Kier molecular flexibility index (Phi) is 8.93. The van der Waals surface area contributed by atoms with Gasteiger partial charge in [-0.15, -0.1) is 35.3 Å². The number of nitrogens with one attached hydrogen (secondary N) is 2. The van der Waals surface area contributed by atoms with Crippen LogP contribution in [0.2, 0.25) is 5.02 Å². The third-order valence-corrected chi connectivity index (χ3v) is 4.79. The predicted octanol–water partition coefficient (Wildman–Crippen LogP) is 4.08. The molecular weight excluding hydrogens is 462 g/mol. The van der Waals surface area contributed by atoms with Crippen molar-refractivity contribution in [3.05, 3.63) is 50.2 Å². The number of thiazole rings is 1. The molecule has 0 spiro atoms. The van der Waals surface area contributed by atoms with Crippen LogP contribution in [0.25, 0.3) is 0 Å². The number of hydrogen-bond donors (Lipinski definition) is 2. The van der Waals surface area contributed by atoms with Crippen LogP contribution in [0.4, 0.5) is 4.39 Å². The van der Waals surface area contributed by atoms with Crippen LogP contribution >= 0.6 is 46.9 Å². The minimum absolute atomic E-state index is 0. The first-order valence-corrected chi connectivity index (χ1v) is 8.50. The van der Waals surface area contributed by atoms with E-state index in [1.165, 1.54) is 10.9 Å². The van der Waals surface area contributed by atoms with E-state index in [1.54, 1.807) is 30.5 Å². The molecule has 2 rings (SSSR count). The molecule has 1 aromatic carbocycles. The molecule has 24 heavy (non-hydrogen) atoms. The maximum atomic E-state index is 13.1. The first kappa shape index (κ1) is 21.1. The van der Waals surface area contributed by atoms with Gasteiger partial charge in [-0.2, -0.15) is 0 Å². The fourth-order valence-corrected chi connectivity index (χ4v) is 3.13. The summed E-state index contributed by atoms with van der Waals surface area (Å²) < 4.78 is 13.1. The molecule has 0 saturated carbocycles. The molecule has 0 aliphatic carbocycles. The summed E-state index contributed by atoms with van der Waals surface area (Å²) in [4.78, 5) is 9.94. The summed E-state index contributed by atoms with van der Waals surface area (Å²) in [6.45, 7) is 5.38. The molecule has 0 unspecified atom stereocenters. The smallest absolute Gasteiger partial charge is 0.191 e. The lowest BCUT2D eigenvalue weighted by Gasteiger charge is -2.11. The van der Waals surface area contributed by atoms with Crippen molar-refractivity contribution in [1.29, 1.82) is 0 Å². The molecule has 132 valence electrons. The lowest BCUT2D eigenvalue weighted by atomic mass is 10.2. The van der Waals surface area contributed by atoms with Crippen LogP contribution in [0.1, 0.15) is 21.1 Å². The Labute approximate surface area is 168 Å². The van der Waals surface area contributed by atoms with Gasteiger partial charge in [-0.3, -0.25) is 4.99 Å². The van der Waals surface area contributed by atoms with Crippen molar-refractivity contribution in [2.24, 2.45) is 4.99 Å². The van der Waals surface area contributed by atoms with E-state index in [9.17, 15) is 4.39 Å². The van der Waals surface area contributed by atoms with Gasteiger partial charge in [0.2, 0.25) is 0 Å². The van der Waals surface area contributed by atoms with Crippen molar-refractivity contribution in [2.75, 3.05) is 13.6 Å². The predicted molar refractivity (Wildman–Crippen MR) is 110 cm³/mol. The Morgan fingerprint density at radius 3 is 2.67 bits per heavy atom. The number of benzene rings is 1. The Morgan fingerprint density at radius 1 is 1.33 bits per heavy atom. The van der Waals surface area contributed by atoms with Gasteiger partial charge in [-0.25, -0.2) is 9.37 Å². The molecule has 0 aliphatic heterocycles. The number of aliphatic imine (C=N–C) groups is 1. The number of aromatic nitrogens is 1. The van der Waals surface area contributed by atoms with E-state index in [4.69, 9.17) is 11.6 Å². The molecule has 4 nitrogen and oxygen atoms in total. The molecule has 0 atom stereocenters. The van der Waals surface area contributed by atoms with E-state index >= 15 is 0 Å². The molecule has 2 N–H and O–H groups in total. The van der Waals surface area contributed by atoms with Crippen LogP contribution in [-0.2, 0) is 13.0 Å². The van der Waals surface area contributed by atoms with E-state index in [0.717, 1.165) is 29.2 Å². The molecule has 0 amide bonds. The van der Waals surface area contributed by atoms with Crippen LogP contribution in [0.3, 0.4) is 0 Å². The highest BCUT2D eigenvalue weighted by molar-refractivity contribution is 14.0. The van der Waals surface area contributed by atoms with Crippen molar-refractivity contribution < 1.29 is 4.39 Å². The third kappa shape index (κ3) is 6.18. The Morgan fingerprint density at radius 2 is 2.08 bits per heavy atom. The van der Waals surface area contributed by atoms with E-state index in [0.29, 0.717) is 12.5 Å². The Hall–Kier alpha value is -0.930. The van der Waals surface area contributed by atoms with E-state index < -0.39 is 5.82 Å². The van der Waals surface area contributed by atoms with Gasteiger partial charge in [0.05, 0.1) is 15.7 Å². The zero-order valence-electron chi connectivity index (χ0n) is 13.8. The van der Waals surface area contributed by atoms with Gasteiger partial charge in [0.1, 0.15) is 5.82 Å². The summed E-state index contributed by atoms with van der Waals surface area (Å²) in [7, 11) is 1.71. The minimum atomic E-state index is -0.410. The first-order valence-electron chi connectivity index (χ1n) is 7.31. The second-order valence-electron chi connectivity index (χ2n) is 5.10. The van der Waals surface area contributed by atoms with Gasteiger partial charge in [0.25, 0.3) is 0 Å². The van der Waals surface area contributed by atoms with Gasteiger partial charge in [0, 0.05) is 31.4 Å². The number of rotatable bonds is 5. The maximum absolute atomic E-state index is 13.1. The second kappa shape index (κ2) is 10.1. The Balaban J connectivity index is 0.00000288. The molecule has 1 heterocycles. The van der Waals surface area contributed by atoms with Gasteiger partial charge in [-0.05, 0) is 31.5 Å². The van der Waals surface area contributed by atoms with Crippen molar-refractivity contribution in [3.8, 4) is 0 Å². The van der Waals surface area contributed by atoms with Gasteiger partial charge < -0.3 is 10.6 Å². The molecule has 1 aromatic heterocycles. The van der Waals surface area contributed by atoms with Gasteiger partial charge >= 0.3 is 0 Å². The number of aryl methyl sites for hydroxylation is 2. The first-order chi connectivity index (χ1) is 11.0. The third-order valence-electron chi connectivity index (χ3n) is 3.37. The molecule has 0 saturated heterocycles. The number of nitrogens with zero attached hydrogens (tertiary/aromatic N) is 2. The zero-order chi connectivity index (χ0) is 16.8. The summed E-state index contributed by atoms with van der Waals surface area (Å²) in [5.74, 6) is 0.280. The van der Waals surface area contributed by atoms with Crippen LogP contribution in [0.5, 0.6) is 0 Å². The van der Waals surface area contributed by atoms with Crippen LogP contribution in [0, 0.1) is 19.7 Å². The van der Waals surface area contributed by atoms with E-state index in [2.05, 4.69) is 27.5 Å². The van der Waals surface area contributed by atoms with E-state index in [1.807, 2.05) is 6.92 Å². The van der Waals surface area contributed by atoms with Crippen molar-refractivity contribution in [3.63, 3.8) is 0 Å². The normalized spacial score (nSPS) is 11.1. The fourth-order valence-electron chi connectivity index (χ4n) is 1.99. The lowest BCUT2D eigenvalue weighted by molar-refractivity contribution is 0.627. The highest BCUT2D eigenvalue weighted by Crippen LogP contribution is 2.17. The lowest BCUT2D eigenvalue weighted by Crippen LogP contribution is -2.37. The van der Waals surface area contributed by atoms with Gasteiger partial charge in [0.15, 0.2) is 5.96 Å². The summed E-state index contributed by atoms with van der Waals surface area (Å²) in [5, 5.41) is 7.66. The van der Waals surface area contributed by atoms with Crippen molar-refractivity contribution >= 4 is 52.9 Å². The topological polar surface area (TPSA) is 49.3 Å². The van der Waals surface area contributed by atoms with E-state index in [-0.39, 0.29) is 29.0 Å². The number of hydrogen-bond acceptors (Lipinski definition) is 3. The Bertz CT molecular complexity index is 686. The molecule has 2 aromatic rings. The summed E-state index contributed by atoms with van der Waals surface area (Å²) in [6, 6.07) is 4.67. The summed E-state index contributed by atoms with van der Waals surface area (Å²) in [6.07, 6.45) is 0.850. The summed E-state index contributed by atoms with van der Waals surface area (Å²) in [5.41, 5.74) is 1.99. The zero-order valence-corrected chi connectivity index (χ0v) is 17.7. The quantitative estimate of drug-likeness (QED) is 0.384. The van der Waals surface area contributed by atoms with Crippen LogP contribution in [-0.4, -0.2) is 24.5 Å². The molecule has 0 aliphatic rings. The molecular formula is C16H21ClFIN4S. The number of guanidine groups is 1. The van der Waals surface area contributed by atoms with Gasteiger partial charge in [-0.1, -0.05) is 17.7 Å². The number of halogens is 3. The molecule has 0 fully saturated rings. The second-order valence-corrected chi connectivity index (χ2v) is 6.80. The fraction of sp³-hybridized carbons (Fsp3) is 0.375. The monoisotopic (exact) mass is 482 g/mol. The van der Waals surface area contributed by atoms with Crippen LogP contribution < -0.4 is 10.6 Å². The molecule has 8 heteroatoms. The van der Waals surface area contributed by atoms with Crippen molar-refractivity contribution in [1.82, 2.24) is 15.6 Å². The standard InChI is InChI=1S/C16H20ClFN4S.HI/c1-10-11(2)23-15(22-10)6-7-20-16(19-3)21-9-12-4-5-14(18)13(17)8-12;/h4-5,8H,6-7,9H2,1-3H3,(H2,19,20,21);1H. The SMILES string of the molecule is CN=C(NCCc1nc(C)c(C)s1)NCc1ccc(F)c(Cl)c1.I. The average molecular weight is 483 g/mol. The highest BCUT2D eigenvalue weighted by atomic mass is 127. The molecule has 0 radical (unpaired) electrons.